The van der Waals surface area contributed by atoms with Crippen molar-refractivity contribution in [2.45, 2.75) is 0 Å². The van der Waals surface area contributed by atoms with E-state index in [9.17, 15) is 4.79 Å². The summed E-state index contributed by atoms with van der Waals surface area (Å²) >= 11 is 0. The largest absolute Gasteiger partial charge is 0.496 e. The normalized spacial score (nSPS) is 9.38. The quantitative estimate of drug-likeness (QED) is 0.560. The molecule has 0 radical (unpaired) electrons. The summed E-state index contributed by atoms with van der Waals surface area (Å²) in [4.78, 5) is 10.6. The fraction of sp³-hybridized carbons (Fsp3) is 0.222. The van der Waals surface area contributed by atoms with Crippen LogP contribution in [0.2, 0.25) is 0 Å². The fourth-order valence-corrected chi connectivity index (χ4v) is 1.04. The number of benzene rings is 1. The van der Waals surface area contributed by atoms with Crippen LogP contribution in [-0.2, 0) is 0 Å². The smallest absolute Gasteiger partial charge is 0.153 e. The lowest BCUT2D eigenvalue weighted by Gasteiger charge is -2.08. The van der Waals surface area contributed by atoms with E-state index < -0.39 is 0 Å². The monoisotopic (exact) mass is 181 g/mol. The second-order valence-corrected chi connectivity index (χ2v) is 2.45. The van der Waals surface area contributed by atoms with Gasteiger partial charge in [0.1, 0.15) is 11.5 Å². The van der Waals surface area contributed by atoms with Gasteiger partial charge in [-0.1, -0.05) is 0 Å². The predicted molar refractivity (Wildman–Crippen MR) is 49.3 cm³/mol. The van der Waals surface area contributed by atoms with Crippen LogP contribution < -0.4 is 15.2 Å². The first-order valence-corrected chi connectivity index (χ1v) is 3.69. The first-order chi connectivity index (χ1) is 6.22. The molecule has 0 heterocycles. The maximum Gasteiger partial charge on any atom is 0.153 e. The molecule has 0 saturated carbocycles. The number of hydrogen-bond donors (Lipinski definition) is 1. The molecule has 0 bridgehead atoms. The number of nitrogen functional groups attached to an aromatic ring is 1. The van der Waals surface area contributed by atoms with Gasteiger partial charge in [0, 0.05) is 6.07 Å². The lowest BCUT2D eigenvalue weighted by Crippen LogP contribution is -1.97. The number of ether oxygens (including phenoxy) is 2. The van der Waals surface area contributed by atoms with Crippen molar-refractivity contribution in [2.75, 3.05) is 20.0 Å². The topological polar surface area (TPSA) is 61.5 Å². The fourth-order valence-electron chi connectivity index (χ4n) is 1.04. The van der Waals surface area contributed by atoms with Crippen LogP contribution in [0.15, 0.2) is 12.1 Å². The van der Waals surface area contributed by atoms with Crippen molar-refractivity contribution in [3.05, 3.63) is 17.7 Å². The van der Waals surface area contributed by atoms with E-state index in [1.807, 2.05) is 0 Å². The van der Waals surface area contributed by atoms with Crippen molar-refractivity contribution in [3.63, 3.8) is 0 Å². The molecule has 1 rings (SSSR count). The molecule has 4 nitrogen and oxygen atoms in total. The Hall–Kier alpha value is -1.71. The van der Waals surface area contributed by atoms with Gasteiger partial charge in [-0.25, -0.2) is 0 Å². The molecule has 0 aromatic heterocycles. The zero-order chi connectivity index (χ0) is 9.84. The highest BCUT2D eigenvalue weighted by atomic mass is 16.5. The molecule has 0 saturated heterocycles. The zero-order valence-corrected chi connectivity index (χ0v) is 7.53. The Labute approximate surface area is 76.3 Å². The van der Waals surface area contributed by atoms with Crippen molar-refractivity contribution >= 4 is 12.0 Å². The molecule has 0 atom stereocenters. The van der Waals surface area contributed by atoms with E-state index in [0.717, 1.165) is 0 Å². The summed E-state index contributed by atoms with van der Waals surface area (Å²) in [6.07, 6.45) is 0.689. The molecule has 2 N–H and O–H groups in total. The van der Waals surface area contributed by atoms with Crippen LogP contribution in [0.4, 0.5) is 5.69 Å². The molecule has 0 fully saturated rings. The first kappa shape index (κ1) is 9.38. The summed E-state index contributed by atoms with van der Waals surface area (Å²) in [5.41, 5.74) is 6.43. The van der Waals surface area contributed by atoms with Gasteiger partial charge in [-0.2, -0.15) is 0 Å². The maximum absolute atomic E-state index is 10.6. The van der Waals surface area contributed by atoms with E-state index >= 15 is 0 Å². The van der Waals surface area contributed by atoms with E-state index in [4.69, 9.17) is 15.2 Å². The molecule has 70 valence electrons. The highest BCUT2D eigenvalue weighted by Gasteiger charge is 2.07. The summed E-state index contributed by atoms with van der Waals surface area (Å²) < 4.78 is 9.93. The molecule has 0 spiro atoms. The van der Waals surface area contributed by atoms with Gasteiger partial charge in [0.05, 0.1) is 25.5 Å². The summed E-state index contributed by atoms with van der Waals surface area (Å²) in [7, 11) is 2.99. The number of carbonyl (C=O) groups is 1. The minimum Gasteiger partial charge on any atom is -0.496 e. The van der Waals surface area contributed by atoms with E-state index in [1.54, 1.807) is 6.07 Å². The number of methoxy groups -OCH3 is 2. The van der Waals surface area contributed by atoms with Gasteiger partial charge in [0.15, 0.2) is 6.29 Å². The van der Waals surface area contributed by atoms with Gasteiger partial charge in [-0.3, -0.25) is 4.79 Å². The van der Waals surface area contributed by atoms with E-state index in [0.29, 0.717) is 29.0 Å². The van der Waals surface area contributed by atoms with Crippen molar-refractivity contribution in [2.24, 2.45) is 0 Å². The molecule has 1 aromatic rings. The molecule has 0 aliphatic heterocycles. The average Bonchev–Trinajstić information content (AvgIpc) is 2.17. The number of hydrogen-bond acceptors (Lipinski definition) is 4. The Morgan fingerprint density at radius 3 is 2.31 bits per heavy atom. The van der Waals surface area contributed by atoms with Crippen LogP contribution in [0.5, 0.6) is 11.5 Å². The molecular formula is C9H11NO3. The van der Waals surface area contributed by atoms with E-state index in [-0.39, 0.29) is 0 Å². The molecule has 0 aliphatic rings. The highest BCUT2D eigenvalue weighted by Crippen LogP contribution is 2.29. The second kappa shape index (κ2) is 3.80. The number of aldehydes is 1. The van der Waals surface area contributed by atoms with Gasteiger partial charge in [0.25, 0.3) is 0 Å². The molecule has 0 aliphatic carbocycles. The Morgan fingerprint density at radius 2 is 1.85 bits per heavy atom. The number of nitrogens with two attached hydrogens (primary N) is 1. The zero-order valence-electron chi connectivity index (χ0n) is 7.53. The van der Waals surface area contributed by atoms with Crippen LogP contribution in [0.3, 0.4) is 0 Å². The lowest BCUT2D eigenvalue weighted by atomic mass is 10.2. The molecule has 0 unspecified atom stereocenters. The summed E-state index contributed by atoms with van der Waals surface area (Å²) in [5.74, 6) is 0.962. The van der Waals surface area contributed by atoms with Crippen LogP contribution in [0.25, 0.3) is 0 Å². The van der Waals surface area contributed by atoms with Gasteiger partial charge in [-0.15, -0.1) is 0 Å². The summed E-state index contributed by atoms with van der Waals surface area (Å²) in [6.45, 7) is 0. The maximum atomic E-state index is 10.6. The van der Waals surface area contributed by atoms with E-state index in [2.05, 4.69) is 0 Å². The molecule has 13 heavy (non-hydrogen) atoms. The van der Waals surface area contributed by atoms with Gasteiger partial charge in [-0.05, 0) is 6.07 Å². The number of rotatable bonds is 3. The molecule has 4 heteroatoms. The first-order valence-electron chi connectivity index (χ1n) is 3.69. The molecule has 0 amide bonds. The SMILES string of the molecule is COc1cc(OC)c(C=O)cc1N. The summed E-state index contributed by atoms with van der Waals surface area (Å²) in [5, 5.41) is 0. The Morgan fingerprint density at radius 1 is 1.23 bits per heavy atom. The Kier molecular flexibility index (Phi) is 2.74. The minimum absolute atomic E-state index is 0.417. The Balaban J connectivity index is 3.26. The van der Waals surface area contributed by atoms with Crippen LogP contribution >= 0.6 is 0 Å². The van der Waals surface area contributed by atoms with Crippen LogP contribution in [-0.4, -0.2) is 20.5 Å². The van der Waals surface area contributed by atoms with Crippen LogP contribution in [0, 0.1) is 0 Å². The Bertz CT molecular complexity index is 323. The summed E-state index contributed by atoms with van der Waals surface area (Å²) in [6, 6.07) is 3.10. The van der Waals surface area contributed by atoms with Crippen LogP contribution in [0.1, 0.15) is 10.4 Å². The van der Waals surface area contributed by atoms with Gasteiger partial charge in [0.2, 0.25) is 0 Å². The van der Waals surface area contributed by atoms with Crippen molar-refractivity contribution < 1.29 is 14.3 Å². The van der Waals surface area contributed by atoms with Crippen molar-refractivity contribution in [1.82, 2.24) is 0 Å². The third kappa shape index (κ3) is 1.72. The van der Waals surface area contributed by atoms with Crippen molar-refractivity contribution in [3.8, 4) is 11.5 Å². The average molecular weight is 181 g/mol. The lowest BCUT2D eigenvalue weighted by molar-refractivity contribution is 0.112. The van der Waals surface area contributed by atoms with Crippen molar-refractivity contribution in [1.29, 1.82) is 0 Å². The number of carbonyl (C=O) groups excluding carboxylic acids is 1. The van der Waals surface area contributed by atoms with Gasteiger partial charge >= 0.3 is 0 Å². The molecular weight excluding hydrogens is 170 g/mol. The second-order valence-electron chi connectivity index (χ2n) is 2.45. The van der Waals surface area contributed by atoms with Gasteiger partial charge < -0.3 is 15.2 Å². The standard InChI is InChI=1S/C9H11NO3/c1-12-8-4-9(13-2)7(10)3-6(8)5-11/h3-5H,10H2,1-2H3. The highest BCUT2D eigenvalue weighted by molar-refractivity contribution is 5.82. The third-order valence-corrected chi connectivity index (χ3v) is 1.71. The predicted octanol–water partition coefficient (Wildman–Crippen LogP) is 1.10. The van der Waals surface area contributed by atoms with E-state index in [1.165, 1.54) is 20.3 Å². The molecule has 1 aromatic carbocycles. The number of anilines is 1. The third-order valence-electron chi connectivity index (χ3n) is 1.71. The minimum atomic E-state index is 0.417.